The van der Waals surface area contributed by atoms with Crippen molar-refractivity contribution < 1.29 is 14.3 Å². The zero-order chi connectivity index (χ0) is 37.4. The third-order valence-corrected chi connectivity index (χ3v) is 11.0. The van der Waals surface area contributed by atoms with Crippen molar-refractivity contribution in [1.82, 2.24) is 4.90 Å². The van der Waals surface area contributed by atoms with Crippen molar-refractivity contribution in [3.63, 3.8) is 0 Å². The number of likely N-dealkylation sites (tertiary alicyclic amines) is 1. The van der Waals surface area contributed by atoms with Gasteiger partial charge in [-0.25, -0.2) is 0 Å². The van der Waals surface area contributed by atoms with Crippen molar-refractivity contribution in [1.29, 1.82) is 0 Å². The van der Waals surface area contributed by atoms with Gasteiger partial charge in [0, 0.05) is 44.6 Å². The Balaban J connectivity index is 2.11. The summed E-state index contributed by atoms with van der Waals surface area (Å²) in [5.41, 5.74) is 5.66. The molecule has 0 saturated carbocycles. The molecule has 1 fully saturated rings. The Hall–Kier alpha value is -1.17. The normalized spacial score (nSPS) is 16.3. The van der Waals surface area contributed by atoms with Crippen molar-refractivity contribution in [2.45, 2.75) is 213 Å². The van der Waals surface area contributed by atoms with Gasteiger partial charge in [0.25, 0.3) is 0 Å². The molecule has 0 aromatic carbocycles. The van der Waals surface area contributed by atoms with Gasteiger partial charge in [-0.2, -0.15) is 0 Å². The van der Waals surface area contributed by atoms with Gasteiger partial charge >= 0.3 is 0 Å². The number of nitrogens with two attached hydrogens (primary N) is 1. The molecule has 0 aliphatic carbocycles. The molecule has 0 bridgehead atoms. The van der Waals surface area contributed by atoms with E-state index in [0.717, 1.165) is 65.2 Å². The number of carbonyl (C=O) groups is 1. The summed E-state index contributed by atoms with van der Waals surface area (Å²) in [6.45, 7) is 10.0. The number of amides is 1. The van der Waals surface area contributed by atoms with Gasteiger partial charge in [-0.15, -0.1) is 0 Å². The Morgan fingerprint density at radius 3 is 1.21 bits per heavy atom. The third kappa shape index (κ3) is 31.2. The molecule has 0 unspecified atom stereocenters. The van der Waals surface area contributed by atoms with Crippen molar-refractivity contribution >= 4 is 5.91 Å². The van der Waals surface area contributed by atoms with E-state index in [9.17, 15) is 4.79 Å². The van der Waals surface area contributed by atoms with Gasteiger partial charge in [0.05, 0.1) is 13.2 Å². The number of ether oxygens (including phenoxy) is 2. The Kier molecular flexibility index (Phi) is 37.1. The highest BCUT2D eigenvalue weighted by Gasteiger charge is 2.35. The molecule has 0 aromatic heterocycles. The van der Waals surface area contributed by atoms with Crippen LogP contribution in [-0.2, 0) is 14.3 Å². The molecule has 1 rings (SSSR count). The first kappa shape index (κ1) is 48.8. The smallest absolute Gasteiger partial charge is 0.222 e. The van der Waals surface area contributed by atoms with Crippen LogP contribution in [0, 0.1) is 11.8 Å². The minimum atomic E-state index is 0.280. The van der Waals surface area contributed by atoms with Crippen LogP contribution in [0.5, 0.6) is 0 Å². The molecule has 306 valence electrons. The number of hydrogen-bond donors (Lipinski definition) is 1. The van der Waals surface area contributed by atoms with Crippen LogP contribution < -0.4 is 5.73 Å². The standard InChI is InChI=1S/C47H90N2O3/c1-3-5-7-9-11-13-15-17-19-21-23-25-27-29-31-35-39-51-43-45-41-49(47(50)37-33-34-38-48)42-46(45)44-52-40-36-32-30-28-26-24-22-20-18-16-14-12-10-8-6-4-2/h17-20,45-46H,3-16,21-44,48H2,1-2H3/b19-17-,20-18-/t45-,46-/m0/s1. The minimum Gasteiger partial charge on any atom is -0.381 e. The average molecular weight is 731 g/mol. The van der Waals surface area contributed by atoms with Crippen LogP contribution in [0.4, 0.5) is 0 Å². The number of allylic oxidation sites excluding steroid dienone is 4. The van der Waals surface area contributed by atoms with E-state index in [1.54, 1.807) is 0 Å². The van der Waals surface area contributed by atoms with Gasteiger partial charge < -0.3 is 20.1 Å². The van der Waals surface area contributed by atoms with Crippen LogP contribution >= 0.6 is 0 Å². The molecule has 1 aliphatic rings. The monoisotopic (exact) mass is 731 g/mol. The van der Waals surface area contributed by atoms with E-state index >= 15 is 0 Å². The fourth-order valence-corrected chi connectivity index (χ4v) is 7.47. The summed E-state index contributed by atoms with van der Waals surface area (Å²) in [6, 6.07) is 0. The van der Waals surface area contributed by atoms with Gasteiger partial charge in [0.1, 0.15) is 0 Å². The zero-order valence-corrected chi connectivity index (χ0v) is 35.1. The van der Waals surface area contributed by atoms with Gasteiger partial charge in [-0.05, 0) is 83.6 Å². The molecule has 1 aliphatic heterocycles. The lowest BCUT2D eigenvalue weighted by Crippen LogP contribution is -2.29. The first-order chi connectivity index (χ1) is 25.7. The zero-order valence-electron chi connectivity index (χ0n) is 35.1. The van der Waals surface area contributed by atoms with E-state index in [0.29, 0.717) is 24.8 Å². The predicted octanol–water partition coefficient (Wildman–Crippen LogP) is 13.3. The Morgan fingerprint density at radius 1 is 0.500 bits per heavy atom. The molecule has 1 saturated heterocycles. The number of carbonyl (C=O) groups excluding carboxylic acids is 1. The molecule has 1 amide bonds. The van der Waals surface area contributed by atoms with Crippen molar-refractivity contribution in [3.8, 4) is 0 Å². The van der Waals surface area contributed by atoms with Gasteiger partial charge in [-0.3, -0.25) is 4.79 Å². The third-order valence-electron chi connectivity index (χ3n) is 11.0. The molecule has 0 radical (unpaired) electrons. The Morgan fingerprint density at radius 2 is 0.846 bits per heavy atom. The molecule has 5 nitrogen and oxygen atoms in total. The van der Waals surface area contributed by atoms with Crippen LogP contribution in [0.2, 0.25) is 0 Å². The van der Waals surface area contributed by atoms with E-state index in [4.69, 9.17) is 15.2 Å². The number of unbranched alkanes of at least 4 members (excludes halogenated alkanes) is 25. The van der Waals surface area contributed by atoms with Crippen molar-refractivity contribution in [2.75, 3.05) is 46.1 Å². The Labute approximate surface area is 325 Å². The second-order valence-corrected chi connectivity index (χ2v) is 16.1. The fourth-order valence-electron chi connectivity index (χ4n) is 7.47. The molecule has 0 spiro atoms. The number of rotatable bonds is 40. The molecular weight excluding hydrogens is 641 g/mol. The average Bonchev–Trinajstić information content (AvgIpc) is 3.56. The van der Waals surface area contributed by atoms with Crippen LogP contribution in [0.1, 0.15) is 213 Å². The topological polar surface area (TPSA) is 64.8 Å². The summed E-state index contributed by atoms with van der Waals surface area (Å²) in [6.07, 6.45) is 49.2. The summed E-state index contributed by atoms with van der Waals surface area (Å²) in [4.78, 5) is 15.0. The maximum Gasteiger partial charge on any atom is 0.222 e. The fraction of sp³-hybridized carbons (Fsp3) is 0.894. The maximum absolute atomic E-state index is 12.9. The molecule has 2 atom stereocenters. The highest BCUT2D eigenvalue weighted by Crippen LogP contribution is 2.26. The molecule has 52 heavy (non-hydrogen) atoms. The number of hydrogen-bond acceptors (Lipinski definition) is 4. The van der Waals surface area contributed by atoms with Gasteiger partial charge in [-0.1, -0.05) is 154 Å². The lowest BCUT2D eigenvalue weighted by Gasteiger charge is -2.18. The van der Waals surface area contributed by atoms with Gasteiger partial charge in [0.15, 0.2) is 0 Å². The van der Waals surface area contributed by atoms with Crippen LogP contribution in [0.3, 0.4) is 0 Å². The number of nitrogens with zero attached hydrogens (tertiary/aromatic N) is 1. The lowest BCUT2D eigenvalue weighted by molar-refractivity contribution is -0.130. The molecule has 5 heteroatoms. The van der Waals surface area contributed by atoms with Crippen LogP contribution in [-0.4, -0.2) is 56.9 Å². The lowest BCUT2D eigenvalue weighted by atomic mass is 9.98. The minimum absolute atomic E-state index is 0.280. The van der Waals surface area contributed by atoms with E-state index in [1.807, 2.05) is 0 Å². The van der Waals surface area contributed by atoms with E-state index in [2.05, 4.69) is 43.1 Å². The largest absolute Gasteiger partial charge is 0.381 e. The second-order valence-electron chi connectivity index (χ2n) is 16.1. The van der Waals surface area contributed by atoms with Gasteiger partial charge in [0.2, 0.25) is 5.91 Å². The highest BCUT2D eigenvalue weighted by atomic mass is 16.5. The second kappa shape index (κ2) is 39.5. The first-order valence-corrected chi connectivity index (χ1v) is 23.2. The molecular formula is C47H90N2O3. The van der Waals surface area contributed by atoms with Crippen LogP contribution in [0.25, 0.3) is 0 Å². The predicted molar refractivity (Wildman–Crippen MR) is 227 cm³/mol. The summed E-state index contributed by atoms with van der Waals surface area (Å²) >= 11 is 0. The SMILES string of the molecule is CCCCCCCC/C=C\CCCCCCCCOC[C@@H]1CN(C(=O)CCCCN)C[C@H]1COCCCCCCCC/C=C\CCCCCCCC. The molecule has 1 heterocycles. The first-order valence-electron chi connectivity index (χ1n) is 23.2. The summed E-state index contributed by atoms with van der Waals surface area (Å²) in [5, 5.41) is 0. The summed E-state index contributed by atoms with van der Waals surface area (Å²) in [5.74, 6) is 1.04. The van der Waals surface area contributed by atoms with Crippen LogP contribution in [0.15, 0.2) is 24.3 Å². The van der Waals surface area contributed by atoms with Crippen molar-refractivity contribution in [2.24, 2.45) is 17.6 Å². The quantitative estimate of drug-likeness (QED) is 0.0503. The van der Waals surface area contributed by atoms with E-state index in [-0.39, 0.29) is 5.91 Å². The maximum atomic E-state index is 12.9. The van der Waals surface area contributed by atoms with Crippen molar-refractivity contribution in [3.05, 3.63) is 24.3 Å². The summed E-state index contributed by atoms with van der Waals surface area (Å²) < 4.78 is 12.4. The Bertz CT molecular complexity index is 746. The highest BCUT2D eigenvalue weighted by molar-refractivity contribution is 5.76. The molecule has 2 N–H and O–H groups in total. The van der Waals surface area contributed by atoms with E-state index < -0.39 is 0 Å². The summed E-state index contributed by atoms with van der Waals surface area (Å²) in [7, 11) is 0. The molecule has 0 aromatic rings. The van der Waals surface area contributed by atoms with E-state index in [1.165, 1.54) is 167 Å².